The molecule has 44 valence electrons. The highest BCUT2D eigenvalue weighted by Gasteiger charge is 2.01. The van der Waals surface area contributed by atoms with Gasteiger partial charge in [-0.25, -0.2) is 4.79 Å². The Balaban J connectivity index is 3.35. The molecule has 0 aliphatic heterocycles. The molecule has 0 radical (unpaired) electrons. The first-order valence-corrected chi connectivity index (χ1v) is 1.85. The van der Waals surface area contributed by atoms with Gasteiger partial charge in [0.1, 0.15) is 0 Å². The van der Waals surface area contributed by atoms with Crippen LogP contribution in [0.2, 0.25) is 0 Å². The molecular weight excluding hydrogens is 112 g/mol. The van der Waals surface area contributed by atoms with Crippen LogP contribution in [0.25, 0.3) is 0 Å². The summed E-state index contributed by atoms with van der Waals surface area (Å²) in [7, 11) is 0. The molecule has 1 aromatic heterocycles. The summed E-state index contributed by atoms with van der Waals surface area (Å²) in [5, 5.41) is 0. The number of anilines is 2. The fraction of sp³-hybridized carbons (Fsp3) is 0. The van der Waals surface area contributed by atoms with E-state index in [1.54, 1.807) is 0 Å². The van der Waals surface area contributed by atoms with Crippen molar-refractivity contribution in [1.29, 1.82) is 0 Å². The van der Waals surface area contributed by atoms with Gasteiger partial charge in [-0.15, -0.1) is 0 Å². The number of hydrogen-bond donors (Lipinski definition) is 2. The van der Waals surface area contributed by atoms with Crippen LogP contribution in [0.1, 0.15) is 0 Å². The van der Waals surface area contributed by atoms with Crippen LogP contribution in [-0.4, -0.2) is 0 Å². The Hall–Kier alpha value is -1.39. The van der Waals surface area contributed by atoms with Gasteiger partial charge in [-0.2, -0.15) is 0 Å². The molecule has 0 unspecified atom stereocenters. The van der Waals surface area contributed by atoms with Crippen molar-refractivity contribution in [2.24, 2.45) is 0 Å². The normalized spacial score (nSPS) is 9.50. The van der Waals surface area contributed by atoms with Crippen LogP contribution >= 0.6 is 0 Å². The van der Waals surface area contributed by atoms with Crippen LogP contribution < -0.4 is 17.3 Å². The predicted octanol–water partition coefficient (Wildman–Crippen LogP) is -0.603. The second-order valence-electron chi connectivity index (χ2n) is 1.18. The molecule has 0 saturated carbocycles. The fourth-order valence-corrected chi connectivity index (χ4v) is 0.301. The largest absolute Gasteiger partial charge is 0.522 e. The monoisotopic (exact) mass is 116 g/mol. The van der Waals surface area contributed by atoms with Gasteiger partial charge in [0, 0.05) is 0 Å². The minimum Gasteiger partial charge on any atom is -0.372 e. The molecule has 5 heteroatoms. The molecule has 0 saturated heterocycles. The molecule has 5 nitrogen and oxygen atoms in total. The van der Waals surface area contributed by atoms with Gasteiger partial charge in [0.2, 0.25) is 0 Å². The summed E-state index contributed by atoms with van der Waals surface area (Å²) in [4.78, 5) is 10.0. The molecule has 0 aromatic carbocycles. The molecule has 0 bridgehead atoms. The van der Waals surface area contributed by atoms with E-state index >= 15 is 0 Å². The number of nitrogens with two attached hydrogens (primary N) is 2. The first-order chi connectivity index (χ1) is 3.70. The van der Waals surface area contributed by atoms with Crippen molar-refractivity contribution in [1.82, 2.24) is 0 Å². The lowest BCUT2D eigenvalue weighted by atomic mass is 10.8. The summed E-state index contributed by atoms with van der Waals surface area (Å²) in [6.45, 7) is 0. The Morgan fingerprint density at radius 3 is 1.62 bits per heavy atom. The van der Waals surface area contributed by atoms with Crippen LogP contribution in [0.4, 0.5) is 11.8 Å². The van der Waals surface area contributed by atoms with Crippen LogP contribution in [0.15, 0.2) is 13.6 Å². The third-order valence-corrected chi connectivity index (χ3v) is 0.629. The SMILES string of the molecule is Nc1oc(=O)oc1N. The summed E-state index contributed by atoms with van der Waals surface area (Å²) in [5.41, 5.74) is 9.91. The molecule has 0 fully saturated rings. The zero-order chi connectivity index (χ0) is 6.15. The quantitative estimate of drug-likeness (QED) is 0.471. The van der Waals surface area contributed by atoms with Crippen molar-refractivity contribution in [3.63, 3.8) is 0 Å². The van der Waals surface area contributed by atoms with E-state index in [0.717, 1.165) is 0 Å². The smallest absolute Gasteiger partial charge is 0.372 e. The highest BCUT2D eigenvalue weighted by atomic mass is 16.6. The molecule has 0 atom stereocenters. The third-order valence-electron chi connectivity index (χ3n) is 0.629. The van der Waals surface area contributed by atoms with Gasteiger partial charge in [-0.05, 0) is 0 Å². The average molecular weight is 116 g/mol. The van der Waals surface area contributed by atoms with Crippen molar-refractivity contribution in [3.05, 3.63) is 10.6 Å². The molecule has 0 amide bonds. The molecule has 1 aromatic rings. The highest BCUT2D eigenvalue weighted by molar-refractivity contribution is 5.45. The van der Waals surface area contributed by atoms with Crippen LogP contribution in [0.5, 0.6) is 0 Å². The van der Waals surface area contributed by atoms with Crippen molar-refractivity contribution in [2.45, 2.75) is 0 Å². The van der Waals surface area contributed by atoms with Crippen molar-refractivity contribution < 1.29 is 8.83 Å². The van der Waals surface area contributed by atoms with E-state index in [4.69, 9.17) is 11.5 Å². The van der Waals surface area contributed by atoms with Crippen molar-refractivity contribution in [2.75, 3.05) is 11.5 Å². The van der Waals surface area contributed by atoms with Gasteiger partial charge in [0.25, 0.3) is 11.8 Å². The van der Waals surface area contributed by atoms with Crippen molar-refractivity contribution >= 4 is 11.8 Å². The van der Waals surface area contributed by atoms with E-state index in [2.05, 4.69) is 8.83 Å². The number of rotatable bonds is 0. The van der Waals surface area contributed by atoms with E-state index in [-0.39, 0.29) is 11.8 Å². The summed E-state index contributed by atoms with van der Waals surface area (Å²) >= 11 is 0. The molecule has 0 aliphatic carbocycles. The highest BCUT2D eigenvalue weighted by Crippen LogP contribution is 2.08. The molecule has 4 N–H and O–H groups in total. The zero-order valence-corrected chi connectivity index (χ0v) is 3.88. The average Bonchev–Trinajstić information content (AvgIpc) is 1.85. The van der Waals surface area contributed by atoms with Gasteiger partial charge < -0.3 is 20.3 Å². The van der Waals surface area contributed by atoms with Crippen molar-refractivity contribution in [3.8, 4) is 0 Å². The molecule has 1 heterocycles. The van der Waals surface area contributed by atoms with Crippen LogP contribution in [0, 0.1) is 0 Å². The first-order valence-electron chi connectivity index (χ1n) is 1.85. The lowest BCUT2D eigenvalue weighted by Crippen LogP contribution is -1.87. The van der Waals surface area contributed by atoms with E-state index in [0.29, 0.717) is 0 Å². The minimum atomic E-state index is -0.875. The summed E-state index contributed by atoms with van der Waals surface area (Å²) in [6.07, 6.45) is 0. The lowest BCUT2D eigenvalue weighted by Gasteiger charge is -1.76. The van der Waals surface area contributed by atoms with Gasteiger partial charge in [0.05, 0.1) is 0 Å². The van der Waals surface area contributed by atoms with E-state index < -0.39 is 5.82 Å². The molecular formula is C3H4N2O3. The van der Waals surface area contributed by atoms with Gasteiger partial charge in [0.15, 0.2) is 0 Å². The maximum atomic E-state index is 10.0. The fourth-order valence-electron chi connectivity index (χ4n) is 0.301. The predicted molar refractivity (Wildman–Crippen MR) is 26.1 cm³/mol. The molecule has 0 aliphatic rings. The maximum Gasteiger partial charge on any atom is 0.522 e. The van der Waals surface area contributed by atoms with E-state index in [9.17, 15) is 4.79 Å². The molecule has 8 heavy (non-hydrogen) atoms. The third kappa shape index (κ3) is 0.534. The second kappa shape index (κ2) is 1.29. The lowest BCUT2D eigenvalue weighted by molar-refractivity contribution is 0.396. The Bertz CT molecular complexity index is 212. The second-order valence-corrected chi connectivity index (χ2v) is 1.18. The Morgan fingerprint density at radius 2 is 1.50 bits per heavy atom. The minimum absolute atomic E-state index is 0.171. The Labute approximate surface area is 43.9 Å². The summed E-state index contributed by atoms with van der Waals surface area (Å²) in [6, 6.07) is 0. The van der Waals surface area contributed by atoms with Gasteiger partial charge in [-0.3, -0.25) is 0 Å². The number of hydrogen-bond acceptors (Lipinski definition) is 5. The summed E-state index contributed by atoms with van der Waals surface area (Å²) < 4.78 is 8.29. The van der Waals surface area contributed by atoms with Gasteiger partial charge >= 0.3 is 5.82 Å². The zero-order valence-electron chi connectivity index (χ0n) is 3.88. The van der Waals surface area contributed by atoms with Gasteiger partial charge in [-0.1, -0.05) is 0 Å². The molecule has 1 rings (SSSR count). The van der Waals surface area contributed by atoms with Crippen LogP contribution in [0.3, 0.4) is 0 Å². The van der Waals surface area contributed by atoms with Crippen LogP contribution in [-0.2, 0) is 0 Å². The topological polar surface area (TPSA) is 95.4 Å². The van der Waals surface area contributed by atoms with E-state index in [1.165, 1.54) is 0 Å². The maximum absolute atomic E-state index is 10.0. The Morgan fingerprint density at radius 1 is 1.12 bits per heavy atom. The summed E-state index contributed by atoms with van der Waals surface area (Å²) in [5.74, 6) is -1.22. The standard InChI is InChI=1S/C3H4N2O3/c4-1-2(5)8-3(6)7-1/h4-5H2. The van der Waals surface area contributed by atoms with E-state index in [1.807, 2.05) is 0 Å². The Kier molecular flexibility index (Phi) is 0.768. The molecule has 0 spiro atoms. The first kappa shape index (κ1) is 4.76. The number of nitrogen functional groups attached to an aromatic ring is 2.